The summed E-state index contributed by atoms with van der Waals surface area (Å²) in [7, 11) is 0. The second-order valence-corrected chi connectivity index (χ2v) is 5.30. The molecule has 0 spiro atoms. The van der Waals surface area contributed by atoms with Gasteiger partial charge in [0.25, 0.3) is 0 Å². The highest BCUT2D eigenvalue weighted by molar-refractivity contribution is 5.56. The van der Waals surface area contributed by atoms with E-state index in [-0.39, 0.29) is 31.0 Å². The van der Waals surface area contributed by atoms with E-state index in [1.165, 1.54) is 0 Å². The molecule has 0 saturated carbocycles. The third-order valence-corrected chi connectivity index (χ3v) is 3.89. The molecule has 22 heavy (non-hydrogen) atoms. The van der Waals surface area contributed by atoms with Crippen molar-refractivity contribution in [1.29, 1.82) is 0 Å². The SMILES string of the molecule is OCC=Cc1ccc2c(c1)C(CO)C(c1ccc(O)cc1)O2. The second-order valence-electron chi connectivity index (χ2n) is 5.30. The van der Waals surface area contributed by atoms with Crippen LogP contribution >= 0.6 is 0 Å². The van der Waals surface area contributed by atoms with E-state index in [1.54, 1.807) is 30.3 Å². The van der Waals surface area contributed by atoms with Gasteiger partial charge in [0.1, 0.15) is 17.6 Å². The van der Waals surface area contributed by atoms with Crippen LogP contribution in [0.5, 0.6) is 11.5 Å². The number of aliphatic hydroxyl groups is 2. The lowest BCUT2D eigenvalue weighted by Gasteiger charge is -2.17. The number of aliphatic hydroxyl groups excluding tert-OH is 2. The Morgan fingerprint density at radius 1 is 1.05 bits per heavy atom. The van der Waals surface area contributed by atoms with Crippen LogP contribution in [0.3, 0.4) is 0 Å². The van der Waals surface area contributed by atoms with Gasteiger partial charge in [0.2, 0.25) is 0 Å². The topological polar surface area (TPSA) is 69.9 Å². The van der Waals surface area contributed by atoms with Gasteiger partial charge in [0.15, 0.2) is 0 Å². The zero-order valence-electron chi connectivity index (χ0n) is 12.0. The van der Waals surface area contributed by atoms with Crippen molar-refractivity contribution in [2.75, 3.05) is 13.2 Å². The van der Waals surface area contributed by atoms with Crippen LogP contribution in [0.15, 0.2) is 48.5 Å². The van der Waals surface area contributed by atoms with Crippen LogP contribution in [0.4, 0.5) is 0 Å². The Balaban J connectivity index is 1.93. The quantitative estimate of drug-likeness (QED) is 0.811. The maximum absolute atomic E-state index is 9.78. The number of phenols is 1. The van der Waals surface area contributed by atoms with Gasteiger partial charge in [-0.3, -0.25) is 0 Å². The third kappa shape index (κ3) is 2.71. The van der Waals surface area contributed by atoms with E-state index in [0.29, 0.717) is 0 Å². The van der Waals surface area contributed by atoms with E-state index < -0.39 is 0 Å². The lowest BCUT2D eigenvalue weighted by Crippen LogP contribution is -2.13. The van der Waals surface area contributed by atoms with E-state index in [0.717, 1.165) is 22.4 Å². The van der Waals surface area contributed by atoms with Crippen LogP contribution in [0.1, 0.15) is 28.7 Å². The summed E-state index contributed by atoms with van der Waals surface area (Å²) in [6, 6.07) is 12.6. The molecule has 0 radical (unpaired) electrons. The average molecular weight is 298 g/mol. The summed E-state index contributed by atoms with van der Waals surface area (Å²) in [6.45, 7) is -0.0289. The van der Waals surface area contributed by atoms with Gasteiger partial charge < -0.3 is 20.1 Å². The molecule has 2 aromatic rings. The number of ether oxygens (including phenoxy) is 1. The summed E-state index contributed by atoms with van der Waals surface area (Å²) in [5.41, 5.74) is 2.84. The monoisotopic (exact) mass is 298 g/mol. The first-order valence-corrected chi connectivity index (χ1v) is 7.20. The molecule has 4 nitrogen and oxygen atoms in total. The zero-order chi connectivity index (χ0) is 15.5. The van der Waals surface area contributed by atoms with Crippen LogP contribution in [-0.2, 0) is 0 Å². The molecule has 1 heterocycles. The molecule has 0 aromatic heterocycles. The minimum atomic E-state index is -0.266. The molecule has 1 aliphatic rings. The molecule has 1 aliphatic heterocycles. The minimum Gasteiger partial charge on any atom is -0.508 e. The Morgan fingerprint density at radius 2 is 1.82 bits per heavy atom. The van der Waals surface area contributed by atoms with Crippen molar-refractivity contribution in [3.63, 3.8) is 0 Å². The molecular formula is C18H18O4. The molecule has 0 fully saturated rings. The summed E-state index contributed by atoms with van der Waals surface area (Å²) in [5.74, 6) is 0.816. The van der Waals surface area contributed by atoms with Crippen LogP contribution in [0.2, 0.25) is 0 Å². The van der Waals surface area contributed by atoms with Gasteiger partial charge >= 0.3 is 0 Å². The van der Waals surface area contributed by atoms with Crippen molar-refractivity contribution in [3.05, 3.63) is 65.2 Å². The summed E-state index contributed by atoms with van der Waals surface area (Å²) < 4.78 is 5.98. The number of phenolic OH excluding ortho intramolecular Hbond substituents is 1. The number of fused-ring (bicyclic) bond motifs is 1. The van der Waals surface area contributed by atoms with Crippen LogP contribution in [0, 0.1) is 0 Å². The largest absolute Gasteiger partial charge is 0.508 e. The summed E-state index contributed by atoms with van der Waals surface area (Å²) in [5, 5.41) is 28.0. The lowest BCUT2D eigenvalue weighted by atomic mass is 9.91. The van der Waals surface area contributed by atoms with Crippen molar-refractivity contribution in [3.8, 4) is 11.5 Å². The fraction of sp³-hybridized carbons (Fsp3) is 0.222. The Labute approximate surface area is 128 Å². The van der Waals surface area contributed by atoms with E-state index in [2.05, 4.69) is 0 Å². The second kappa shape index (κ2) is 6.22. The van der Waals surface area contributed by atoms with E-state index in [9.17, 15) is 10.2 Å². The summed E-state index contributed by atoms with van der Waals surface area (Å²) in [4.78, 5) is 0. The molecule has 0 amide bonds. The van der Waals surface area contributed by atoms with Crippen molar-refractivity contribution in [1.82, 2.24) is 0 Å². The first-order chi connectivity index (χ1) is 10.7. The van der Waals surface area contributed by atoms with E-state index >= 15 is 0 Å². The third-order valence-electron chi connectivity index (χ3n) is 3.89. The fourth-order valence-corrected chi connectivity index (χ4v) is 2.80. The van der Waals surface area contributed by atoms with Crippen LogP contribution in [-0.4, -0.2) is 28.5 Å². The van der Waals surface area contributed by atoms with Crippen molar-refractivity contribution >= 4 is 6.08 Å². The Hall–Kier alpha value is -2.30. The predicted molar refractivity (Wildman–Crippen MR) is 83.9 cm³/mol. The van der Waals surface area contributed by atoms with Crippen LogP contribution in [0.25, 0.3) is 6.08 Å². The number of hydrogen-bond acceptors (Lipinski definition) is 4. The predicted octanol–water partition coefficient (Wildman–Crippen LogP) is 2.61. The van der Waals surface area contributed by atoms with Crippen LogP contribution < -0.4 is 4.74 Å². The van der Waals surface area contributed by atoms with Gasteiger partial charge in [0.05, 0.1) is 19.1 Å². The van der Waals surface area contributed by atoms with Gasteiger partial charge in [-0.15, -0.1) is 0 Å². The van der Waals surface area contributed by atoms with Crippen molar-refractivity contribution in [2.24, 2.45) is 0 Å². The normalized spacial score (nSPS) is 20.1. The van der Waals surface area contributed by atoms with Gasteiger partial charge in [-0.2, -0.15) is 0 Å². The Bertz CT molecular complexity index is 676. The Kier molecular flexibility index (Phi) is 4.13. The minimum absolute atomic E-state index is 0.00680. The maximum Gasteiger partial charge on any atom is 0.133 e. The highest BCUT2D eigenvalue weighted by Gasteiger charge is 2.35. The molecule has 0 aliphatic carbocycles. The highest BCUT2D eigenvalue weighted by Crippen LogP contribution is 2.46. The van der Waals surface area contributed by atoms with Crippen molar-refractivity contribution < 1.29 is 20.1 Å². The Morgan fingerprint density at radius 3 is 2.50 bits per heavy atom. The molecule has 4 heteroatoms. The van der Waals surface area contributed by atoms with E-state index in [4.69, 9.17) is 9.84 Å². The summed E-state index contributed by atoms with van der Waals surface area (Å²) >= 11 is 0. The number of aromatic hydroxyl groups is 1. The summed E-state index contributed by atoms with van der Waals surface area (Å²) in [6.07, 6.45) is 3.24. The molecule has 3 rings (SSSR count). The first kappa shape index (κ1) is 14.6. The molecule has 0 saturated heterocycles. The highest BCUT2D eigenvalue weighted by atomic mass is 16.5. The first-order valence-electron chi connectivity index (χ1n) is 7.20. The molecule has 2 atom stereocenters. The van der Waals surface area contributed by atoms with E-state index in [1.807, 2.05) is 24.3 Å². The zero-order valence-corrected chi connectivity index (χ0v) is 12.0. The fourth-order valence-electron chi connectivity index (χ4n) is 2.80. The smallest absolute Gasteiger partial charge is 0.133 e. The number of hydrogen-bond donors (Lipinski definition) is 3. The van der Waals surface area contributed by atoms with Gasteiger partial charge in [-0.05, 0) is 35.4 Å². The number of benzene rings is 2. The lowest BCUT2D eigenvalue weighted by molar-refractivity contribution is 0.160. The van der Waals surface area contributed by atoms with Crippen molar-refractivity contribution in [2.45, 2.75) is 12.0 Å². The average Bonchev–Trinajstić information content (AvgIpc) is 2.91. The standard InChI is InChI=1S/C18H18O4/c19-9-1-2-12-3-8-17-15(10-12)16(11-20)18(22-17)13-4-6-14(21)7-5-13/h1-8,10,16,18-21H,9,11H2. The van der Waals surface area contributed by atoms with Gasteiger partial charge in [-0.25, -0.2) is 0 Å². The molecular weight excluding hydrogens is 280 g/mol. The van der Waals surface area contributed by atoms with Gasteiger partial charge in [0, 0.05) is 5.56 Å². The molecule has 2 aromatic carbocycles. The molecule has 2 unspecified atom stereocenters. The molecule has 0 bridgehead atoms. The number of rotatable bonds is 4. The maximum atomic E-state index is 9.78. The molecule has 114 valence electrons. The molecule has 3 N–H and O–H groups in total. The van der Waals surface area contributed by atoms with Gasteiger partial charge in [-0.1, -0.05) is 30.4 Å².